The number of piperazine rings is 1. The molecule has 0 N–H and O–H groups in total. The topological polar surface area (TPSA) is 60.9 Å². The van der Waals surface area contributed by atoms with E-state index in [-0.39, 0.29) is 12.5 Å². The average Bonchev–Trinajstić information content (AvgIpc) is 3.22. The summed E-state index contributed by atoms with van der Waals surface area (Å²) in [5.74, 6) is 0.0194. The Balaban J connectivity index is 1.37. The third-order valence-corrected chi connectivity index (χ3v) is 7.76. The van der Waals surface area contributed by atoms with Gasteiger partial charge in [-0.05, 0) is 54.7 Å². The van der Waals surface area contributed by atoms with Gasteiger partial charge in [-0.2, -0.15) is 4.31 Å². The SMILES string of the molecule is CN(CC(=O)N1CCN(S(=O)(=O)c2ccc3c(c2)CCC3)CC1)c1ccccc1. The monoisotopic (exact) mass is 413 g/mol. The van der Waals surface area contributed by atoms with Crippen LogP contribution in [0, 0.1) is 0 Å². The Hall–Kier alpha value is -2.38. The van der Waals surface area contributed by atoms with Crippen molar-refractivity contribution in [2.75, 3.05) is 44.7 Å². The number of fused-ring (bicyclic) bond motifs is 1. The van der Waals surface area contributed by atoms with Crippen molar-refractivity contribution in [3.63, 3.8) is 0 Å². The molecular formula is C22H27N3O3S. The minimum Gasteiger partial charge on any atom is -0.365 e. The molecule has 0 saturated carbocycles. The van der Waals surface area contributed by atoms with Gasteiger partial charge in [0.2, 0.25) is 15.9 Å². The van der Waals surface area contributed by atoms with E-state index in [0.717, 1.165) is 30.5 Å². The number of rotatable bonds is 5. The molecule has 1 amide bonds. The van der Waals surface area contributed by atoms with Crippen molar-refractivity contribution in [2.24, 2.45) is 0 Å². The summed E-state index contributed by atoms with van der Waals surface area (Å²) in [6.07, 6.45) is 3.08. The third kappa shape index (κ3) is 4.16. The van der Waals surface area contributed by atoms with Crippen LogP contribution in [-0.4, -0.2) is 63.3 Å². The fraction of sp³-hybridized carbons (Fsp3) is 0.409. The second-order valence-electron chi connectivity index (χ2n) is 7.76. The van der Waals surface area contributed by atoms with E-state index in [0.29, 0.717) is 31.1 Å². The molecule has 0 aromatic heterocycles. The Kier molecular flexibility index (Phi) is 5.61. The van der Waals surface area contributed by atoms with Gasteiger partial charge in [0.15, 0.2) is 0 Å². The molecule has 2 aromatic rings. The lowest BCUT2D eigenvalue weighted by Crippen LogP contribution is -2.52. The molecule has 7 heteroatoms. The molecule has 1 fully saturated rings. The molecule has 2 aliphatic rings. The van der Waals surface area contributed by atoms with Crippen LogP contribution in [0.15, 0.2) is 53.4 Å². The van der Waals surface area contributed by atoms with Gasteiger partial charge in [-0.3, -0.25) is 4.79 Å². The average molecular weight is 414 g/mol. The van der Waals surface area contributed by atoms with Gasteiger partial charge in [-0.25, -0.2) is 8.42 Å². The van der Waals surface area contributed by atoms with Gasteiger partial charge in [0.1, 0.15) is 0 Å². The van der Waals surface area contributed by atoms with Crippen molar-refractivity contribution in [3.8, 4) is 0 Å². The smallest absolute Gasteiger partial charge is 0.243 e. The predicted molar refractivity (Wildman–Crippen MR) is 114 cm³/mol. The summed E-state index contributed by atoms with van der Waals surface area (Å²) < 4.78 is 27.6. The Labute approximate surface area is 172 Å². The van der Waals surface area contributed by atoms with Crippen LogP contribution in [0.2, 0.25) is 0 Å². The van der Waals surface area contributed by atoms with Crippen LogP contribution in [-0.2, 0) is 27.7 Å². The summed E-state index contributed by atoms with van der Waals surface area (Å²) in [7, 11) is -1.62. The highest BCUT2D eigenvalue weighted by Crippen LogP contribution is 2.26. The van der Waals surface area contributed by atoms with Crippen molar-refractivity contribution in [1.82, 2.24) is 9.21 Å². The standard InChI is InChI=1S/C22H27N3O3S/c1-23(20-8-3-2-4-9-20)17-22(26)24-12-14-25(15-13-24)29(27,28)21-11-10-18-6-5-7-19(18)16-21/h2-4,8-11,16H,5-7,12-15,17H2,1H3. The molecule has 0 bridgehead atoms. The molecule has 1 saturated heterocycles. The molecule has 1 heterocycles. The first-order valence-corrected chi connectivity index (χ1v) is 11.5. The maximum Gasteiger partial charge on any atom is 0.243 e. The lowest BCUT2D eigenvalue weighted by atomic mass is 10.1. The van der Waals surface area contributed by atoms with Gasteiger partial charge in [0.25, 0.3) is 0 Å². The van der Waals surface area contributed by atoms with Gasteiger partial charge in [-0.1, -0.05) is 24.3 Å². The van der Waals surface area contributed by atoms with Crippen molar-refractivity contribution in [3.05, 3.63) is 59.7 Å². The van der Waals surface area contributed by atoms with Crippen LogP contribution in [0.4, 0.5) is 5.69 Å². The van der Waals surface area contributed by atoms with E-state index in [2.05, 4.69) is 0 Å². The van der Waals surface area contributed by atoms with Crippen molar-refractivity contribution >= 4 is 21.6 Å². The molecule has 0 unspecified atom stereocenters. The molecule has 2 aromatic carbocycles. The summed E-state index contributed by atoms with van der Waals surface area (Å²) in [5, 5.41) is 0. The number of amides is 1. The molecular weight excluding hydrogens is 386 g/mol. The summed E-state index contributed by atoms with van der Waals surface area (Å²) in [4.78, 5) is 16.7. The van der Waals surface area contributed by atoms with Crippen molar-refractivity contribution in [2.45, 2.75) is 24.2 Å². The number of nitrogens with zero attached hydrogens (tertiary/aromatic N) is 3. The molecule has 1 aliphatic carbocycles. The van der Waals surface area contributed by atoms with E-state index in [1.807, 2.05) is 54.4 Å². The molecule has 0 radical (unpaired) electrons. The van der Waals surface area contributed by atoms with Crippen molar-refractivity contribution < 1.29 is 13.2 Å². The molecule has 6 nitrogen and oxygen atoms in total. The Morgan fingerprint density at radius 2 is 1.66 bits per heavy atom. The second kappa shape index (κ2) is 8.16. The van der Waals surface area contributed by atoms with Crippen LogP contribution < -0.4 is 4.90 Å². The van der Waals surface area contributed by atoms with Gasteiger partial charge in [0.05, 0.1) is 11.4 Å². The van der Waals surface area contributed by atoms with Crippen LogP contribution in [0.5, 0.6) is 0 Å². The van der Waals surface area contributed by atoms with Crippen LogP contribution in [0.3, 0.4) is 0 Å². The zero-order chi connectivity index (χ0) is 20.4. The van der Waals surface area contributed by atoms with Crippen LogP contribution in [0.25, 0.3) is 0 Å². The van der Waals surface area contributed by atoms with Gasteiger partial charge in [0, 0.05) is 38.9 Å². The summed E-state index contributed by atoms with van der Waals surface area (Å²) >= 11 is 0. The molecule has 4 rings (SSSR count). The maximum atomic E-state index is 13.0. The second-order valence-corrected chi connectivity index (χ2v) is 9.70. The highest BCUT2D eigenvalue weighted by molar-refractivity contribution is 7.89. The van der Waals surface area contributed by atoms with E-state index in [1.165, 1.54) is 9.87 Å². The van der Waals surface area contributed by atoms with Gasteiger partial charge in [-0.15, -0.1) is 0 Å². The number of carbonyl (C=O) groups is 1. The number of hydrogen-bond acceptors (Lipinski definition) is 4. The first kappa shape index (κ1) is 19.9. The zero-order valence-electron chi connectivity index (χ0n) is 16.8. The molecule has 0 spiro atoms. The lowest BCUT2D eigenvalue weighted by molar-refractivity contribution is -0.130. The number of hydrogen-bond donors (Lipinski definition) is 0. The highest BCUT2D eigenvalue weighted by atomic mass is 32.2. The van der Waals surface area contributed by atoms with E-state index in [4.69, 9.17) is 0 Å². The zero-order valence-corrected chi connectivity index (χ0v) is 17.6. The van der Waals surface area contributed by atoms with E-state index in [9.17, 15) is 13.2 Å². The third-order valence-electron chi connectivity index (χ3n) is 5.87. The number of sulfonamides is 1. The number of likely N-dealkylation sites (N-methyl/N-ethyl adjacent to an activating group) is 1. The lowest BCUT2D eigenvalue weighted by Gasteiger charge is -2.35. The molecule has 154 valence electrons. The number of anilines is 1. The first-order chi connectivity index (χ1) is 13.9. The summed E-state index contributed by atoms with van der Waals surface area (Å²) in [6, 6.07) is 15.3. The predicted octanol–water partition coefficient (Wildman–Crippen LogP) is 2.14. The Morgan fingerprint density at radius 3 is 2.38 bits per heavy atom. The summed E-state index contributed by atoms with van der Waals surface area (Å²) in [5.41, 5.74) is 3.41. The number of benzene rings is 2. The summed E-state index contributed by atoms with van der Waals surface area (Å²) in [6.45, 7) is 1.79. The number of para-hydroxylation sites is 1. The quantitative estimate of drug-likeness (QED) is 0.754. The molecule has 29 heavy (non-hydrogen) atoms. The first-order valence-electron chi connectivity index (χ1n) is 10.1. The van der Waals surface area contributed by atoms with E-state index in [1.54, 1.807) is 11.0 Å². The fourth-order valence-electron chi connectivity index (χ4n) is 4.11. The van der Waals surface area contributed by atoms with E-state index >= 15 is 0 Å². The van der Waals surface area contributed by atoms with Gasteiger partial charge >= 0.3 is 0 Å². The largest absolute Gasteiger partial charge is 0.365 e. The normalized spacial score (nSPS) is 17.2. The Morgan fingerprint density at radius 1 is 0.966 bits per heavy atom. The Bertz CT molecular complexity index is 984. The highest BCUT2D eigenvalue weighted by Gasteiger charge is 2.31. The molecule has 0 atom stereocenters. The van der Waals surface area contributed by atoms with E-state index < -0.39 is 10.0 Å². The number of aryl methyl sites for hydroxylation is 2. The van der Waals surface area contributed by atoms with Crippen LogP contribution in [0.1, 0.15) is 17.5 Å². The van der Waals surface area contributed by atoms with Crippen molar-refractivity contribution in [1.29, 1.82) is 0 Å². The maximum absolute atomic E-state index is 13.0. The van der Waals surface area contributed by atoms with Gasteiger partial charge < -0.3 is 9.80 Å². The number of carbonyl (C=O) groups excluding carboxylic acids is 1. The molecule has 1 aliphatic heterocycles. The fourth-order valence-corrected chi connectivity index (χ4v) is 5.59. The minimum atomic E-state index is -3.51. The van der Waals surface area contributed by atoms with Crippen LogP contribution >= 0.6 is 0 Å². The minimum absolute atomic E-state index is 0.0194.